The van der Waals surface area contributed by atoms with Gasteiger partial charge in [-0.1, -0.05) is 44.5 Å². The number of hydrogen-bond acceptors (Lipinski definition) is 3. The molecule has 2 aromatic carbocycles. The number of phenols is 1. The highest BCUT2D eigenvalue weighted by atomic mass is 35.5. The van der Waals surface area contributed by atoms with Crippen LogP contribution in [0.1, 0.15) is 49.2 Å². The third-order valence-corrected chi connectivity index (χ3v) is 3.92. The van der Waals surface area contributed by atoms with Gasteiger partial charge in [-0.25, -0.2) is 5.43 Å². The molecule has 0 saturated carbocycles. The summed E-state index contributed by atoms with van der Waals surface area (Å²) < 4.78 is 0. The fraction of sp³-hybridized carbons (Fsp3) is 0.263. The summed E-state index contributed by atoms with van der Waals surface area (Å²) in [5.74, 6) is -0.249. The third-order valence-electron chi connectivity index (χ3n) is 3.69. The minimum absolute atomic E-state index is 0.0356. The third kappa shape index (κ3) is 4.36. The predicted octanol–water partition coefficient (Wildman–Crippen LogP) is 4.50. The lowest BCUT2D eigenvalue weighted by atomic mass is 9.87. The molecule has 2 N–H and O–H groups in total. The maximum absolute atomic E-state index is 12.2. The van der Waals surface area contributed by atoms with Crippen LogP contribution in [0.2, 0.25) is 5.02 Å². The molecule has 2 rings (SSSR count). The summed E-state index contributed by atoms with van der Waals surface area (Å²) in [5.41, 5.74) is 5.16. The van der Waals surface area contributed by atoms with E-state index in [0.717, 1.165) is 5.56 Å². The number of amides is 1. The van der Waals surface area contributed by atoms with E-state index in [-0.39, 0.29) is 17.1 Å². The Hall–Kier alpha value is -2.33. The average Bonchev–Trinajstić information content (AvgIpc) is 2.53. The molecule has 0 aromatic heterocycles. The predicted molar refractivity (Wildman–Crippen MR) is 97.9 cm³/mol. The Morgan fingerprint density at radius 3 is 2.33 bits per heavy atom. The van der Waals surface area contributed by atoms with Gasteiger partial charge in [0.05, 0.1) is 5.71 Å². The lowest BCUT2D eigenvalue weighted by Crippen LogP contribution is -2.20. The molecular formula is C19H21ClN2O2. The van der Waals surface area contributed by atoms with Gasteiger partial charge in [0.15, 0.2) is 0 Å². The number of phenolic OH excluding ortho intramolecular Hbond substituents is 1. The minimum atomic E-state index is -0.309. The molecule has 2 aromatic rings. The van der Waals surface area contributed by atoms with E-state index < -0.39 is 0 Å². The molecule has 126 valence electrons. The number of benzene rings is 2. The fourth-order valence-electron chi connectivity index (χ4n) is 2.18. The van der Waals surface area contributed by atoms with Gasteiger partial charge in [0.25, 0.3) is 5.91 Å². The SMILES string of the molecule is C/C(=N\NC(=O)c1ccc(C(C)(C)C)cc1)c1cc(Cl)ccc1O. The quantitative estimate of drug-likeness (QED) is 0.636. The largest absolute Gasteiger partial charge is 0.507 e. The number of hydrogen-bond donors (Lipinski definition) is 2. The second kappa shape index (κ2) is 7.05. The fourth-order valence-corrected chi connectivity index (χ4v) is 2.35. The zero-order chi connectivity index (χ0) is 17.9. The van der Waals surface area contributed by atoms with E-state index in [1.165, 1.54) is 6.07 Å². The van der Waals surface area contributed by atoms with Crippen LogP contribution in [0, 0.1) is 0 Å². The Labute approximate surface area is 147 Å². The van der Waals surface area contributed by atoms with Gasteiger partial charge in [-0.15, -0.1) is 0 Å². The number of aromatic hydroxyl groups is 1. The maximum Gasteiger partial charge on any atom is 0.271 e. The molecule has 0 aliphatic heterocycles. The highest BCUT2D eigenvalue weighted by Gasteiger charge is 2.14. The number of nitrogens with one attached hydrogen (secondary N) is 1. The monoisotopic (exact) mass is 344 g/mol. The van der Waals surface area contributed by atoms with Crippen LogP contribution in [0.15, 0.2) is 47.6 Å². The van der Waals surface area contributed by atoms with E-state index in [2.05, 4.69) is 31.3 Å². The molecule has 0 unspecified atom stereocenters. The first-order valence-corrected chi connectivity index (χ1v) is 8.00. The highest BCUT2D eigenvalue weighted by molar-refractivity contribution is 6.31. The zero-order valence-electron chi connectivity index (χ0n) is 14.2. The molecule has 0 fully saturated rings. The van der Waals surface area contributed by atoms with Crippen molar-refractivity contribution in [3.63, 3.8) is 0 Å². The van der Waals surface area contributed by atoms with Crippen LogP contribution < -0.4 is 5.43 Å². The van der Waals surface area contributed by atoms with Crippen molar-refractivity contribution in [1.29, 1.82) is 0 Å². The molecule has 0 spiro atoms. The molecule has 0 heterocycles. The molecule has 0 aliphatic carbocycles. The van der Waals surface area contributed by atoms with Crippen LogP contribution in [-0.4, -0.2) is 16.7 Å². The van der Waals surface area contributed by atoms with Crippen LogP contribution in [0.5, 0.6) is 5.75 Å². The van der Waals surface area contributed by atoms with Gasteiger partial charge < -0.3 is 5.11 Å². The van der Waals surface area contributed by atoms with E-state index >= 15 is 0 Å². The van der Waals surface area contributed by atoms with Gasteiger partial charge in [-0.2, -0.15) is 5.10 Å². The van der Waals surface area contributed by atoms with Crippen molar-refractivity contribution in [3.05, 3.63) is 64.2 Å². The van der Waals surface area contributed by atoms with E-state index in [9.17, 15) is 9.90 Å². The van der Waals surface area contributed by atoms with Crippen LogP contribution in [0.3, 0.4) is 0 Å². The van der Waals surface area contributed by atoms with Crippen molar-refractivity contribution in [1.82, 2.24) is 5.43 Å². The van der Waals surface area contributed by atoms with E-state index in [4.69, 9.17) is 11.6 Å². The van der Waals surface area contributed by atoms with Crippen LogP contribution >= 0.6 is 11.6 Å². The normalized spacial score (nSPS) is 12.1. The molecule has 0 bridgehead atoms. The molecule has 0 saturated heterocycles. The second-order valence-corrected chi connectivity index (χ2v) is 7.06. The van der Waals surface area contributed by atoms with Crippen molar-refractivity contribution >= 4 is 23.2 Å². The molecule has 1 amide bonds. The molecule has 24 heavy (non-hydrogen) atoms. The van der Waals surface area contributed by atoms with Crippen molar-refractivity contribution in [2.45, 2.75) is 33.1 Å². The van der Waals surface area contributed by atoms with E-state index in [1.54, 1.807) is 31.2 Å². The van der Waals surface area contributed by atoms with Gasteiger partial charge in [0, 0.05) is 16.1 Å². The van der Waals surface area contributed by atoms with E-state index in [1.807, 2.05) is 12.1 Å². The molecule has 0 aliphatic rings. The molecule has 5 heteroatoms. The summed E-state index contributed by atoms with van der Waals surface area (Å²) in [6.45, 7) is 8.04. The smallest absolute Gasteiger partial charge is 0.271 e. The van der Waals surface area contributed by atoms with Crippen molar-refractivity contribution in [2.24, 2.45) is 5.10 Å². The topological polar surface area (TPSA) is 61.7 Å². The summed E-state index contributed by atoms with van der Waals surface area (Å²) in [6.07, 6.45) is 0. The van der Waals surface area contributed by atoms with Crippen molar-refractivity contribution in [2.75, 3.05) is 0 Å². The summed E-state index contributed by atoms with van der Waals surface area (Å²) in [4.78, 5) is 12.2. The van der Waals surface area contributed by atoms with Crippen molar-refractivity contribution < 1.29 is 9.90 Å². The Balaban J connectivity index is 2.13. The van der Waals surface area contributed by atoms with Crippen molar-refractivity contribution in [3.8, 4) is 5.75 Å². The number of carbonyl (C=O) groups excluding carboxylic acids is 1. The first-order chi connectivity index (χ1) is 11.2. The van der Waals surface area contributed by atoms with Crippen LogP contribution in [0.25, 0.3) is 0 Å². The summed E-state index contributed by atoms with van der Waals surface area (Å²) in [7, 11) is 0. The molecule has 0 radical (unpaired) electrons. The molecular weight excluding hydrogens is 324 g/mol. The minimum Gasteiger partial charge on any atom is -0.507 e. The second-order valence-electron chi connectivity index (χ2n) is 6.63. The number of rotatable bonds is 3. The average molecular weight is 345 g/mol. The highest BCUT2D eigenvalue weighted by Crippen LogP contribution is 2.23. The van der Waals surface area contributed by atoms with E-state index in [0.29, 0.717) is 21.9 Å². The Morgan fingerprint density at radius 2 is 1.75 bits per heavy atom. The standard InChI is InChI=1S/C19H21ClN2O2/c1-12(16-11-15(20)9-10-17(16)23)21-22-18(24)13-5-7-14(8-6-13)19(2,3)4/h5-11,23H,1-4H3,(H,22,24)/b21-12+. The molecule has 0 atom stereocenters. The maximum atomic E-state index is 12.2. The Kier molecular flexibility index (Phi) is 5.30. The summed E-state index contributed by atoms with van der Waals surface area (Å²) >= 11 is 5.92. The first-order valence-electron chi connectivity index (χ1n) is 7.62. The molecule has 4 nitrogen and oxygen atoms in total. The lowest BCUT2D eigenvalue weighted by Gasteiger charge is -2.18. The zero-order valence-corrected chi connectivity index (χ0v) is 15.0. The lowest BCUT2D eigenvalue weighted by molar-refractivity contribution is 0.0954. The first kappa shape index (κ1) is 18.0. The number of nitrogens with zero attached hydrogens (tertiary/aromatic N) is 1. The van der Waals surface area contributed by atoms with Gasteiger partial charge in [-0.05, 0) is 48.2 Å². The van der Waals surface area contributed by atoms with Gasteiger partial charge in [-0.3, -0.25) is 4.79 Å². The van der Waals surface area contributed by atoms with Gasteiger partial charge >= 0.3 is 0 Å². The summed E-state index contributed by atoms with van der Waals surface area (Å²) in [6, 6.07) is 12.1. The number of carbonyl (C=O) groups is 1. The van der Waals surface area contributed by atoms with Crippen LogP contribution in [0.4, 0.5) is 0 Å². The van der Waals surface area contributed by atoms with Gasteiger partial charge in [0.2, 0.25) is 0 Å². The van der Waals surface area contributed by atoms with Crippen LogP contribution in [-0.2, 0) is 5.41 Å². The Morgan fingerprint density at radius 1 is 1.12 bits per heavy atom. The van der Waals surface area contributed by atoms with Gasteiger partial charge in [0.1, 0.15) is 5.75 Å². The Bertz CT molecular complexity index is 775. The number of hydrazone groups is 1. The number of halogens is 1. The summed E-state index contributed by atoms with van der Waals surface area (Å²) in [5, 5.41) is 14.4.